The molecule has 19 heavy (non-hydrogen) atoms. The van der Waals surface area contributed by atoms with Crippen molar-refractivity contribution in [2.45, 2.75) is 71.1 Å². The molecule has 0 N–H and O–H groups in total. The summed E-state index contributed by atoms with van der Waals surface area (Å²) in [4.78, 5) is 18.9. The zero-order valence-electron chi connectivity index (χ0n) is 12.5. The van der Waals surface area contributed by atoms with Gasteiger partial charge in [-0.05, 0) is 6.42 Å². The van der Waals surface area contributed by atoms with E-state index in [1.54, 1.807) is 0 Å². The highest BCUT2D eigenvalue weighted by atomic mass is 16.3. The van der Waals surface area contributed by atoms with Crippen LogP contribution in [0.1, 0.15) is 71.1 Å². The molecule has 4 nitrogen and oxygen atoms in total. The first-order valence-corrected chi connectivity index (χ1v) is 7.52. The molecule has 0 saturated carbocycles. The van der Waals surface area contributed by atoms with Crippen molar-refractivity contribution in [1.29, 1.82) is 0 Å². The predicted octanol–water partition coefficient (Wildman–Crippen LogP) is 5.61. The summed E-state index contributed by atoms with van der Waals surface area (Å²) in [7, 11) is 0. The van der Waals surface area contributed by atoms with Gasteiger partial charge in [-0.2, -0.15) is 9.81 Å². The van der Waals surface area contributed by atoms with Gasteiger partial charge in [-0.1, -0.05) is 81.1 Å². The second-order valence-electron chi connectivity index (χ2n) is 4.64. The highest BCUT2D eigenvalue weighted by Gasteiger charge is 1.91. The Kier molecular flexibility index (Phi) is 23.6. The zero-order valence-corrected chi connectivity index (χ0v) is 12.5. The molecule has 4 heteroatoms. The van der Waals surface area contributed by atoms with E-state index in [0.717, 1.165) is 6.42 Å². The Labute approximate surface area is 118 Å². The molecule has 0 rings (SSSR count). The molecule has 0 aromatic carbocycles. The maximum Gasteiger partial charge on any atom is 0.0989 e. The number of hydrogen-bond acceptors (Lipinski definition) is 4. The van der Waals surface area contributed by atoms with E-state index in [0.29, 0.717) is 6.54 Å². The van der Waals surface area contributed by atoms with Gasteiger partial charge in [0.2, 0.25) is 0 Å². The topological polar surface area (TPSA) is 58.9 Å². The van der Waals surface area contributed by atoms with E-state index in [4.69, 9.17) is 4.91 Å². The van der Waals surface area contributed by atoms with Crippen LogP contribution >= 0.6 is 0 Å². The van der Waals surface area contributed by atoms with Gasteiger partial charge in [0, 0.05) is 0 Å². The van der Waals surface area contributed by atoms with E-state index in [1.807, 2.05) is 0 Å². The number of rotatable bonds is 13. The smallest absolute Gasteiger partial charge is 0.0989 e. The van der Waals surface area contributed by atoms with Crippen LogP contribution in [0.15, 0.2) is 23.0 Å². The van der Waals surface area contributed by atoms with Crippen LogP contribution < -0.4 is 0 Å². The Bertz CT molecular complexity index is 191. The summed E-state index contributed by atoms with van der Waals surface area (Å²) < 4.78 is 0. The van der Waals surface area contributed by atoms with Crippen LogP contribution in [0.3, 0.4) is 0 Å². The van der Waals surface area contributed by atoms with Crippen molar-refractivity contribution in [2.75, 3.05) is 13.1 Å². The quantitative estimate of drug-likeness (QED) is 0.248. The van der Waals surface area contributed by atoms with E-state index < -0.39 is 0 Å². The van der Waals surface area contributed by atoms with Crippen molar-refractivity contribution >= 4 is 0 Å². The molecule has 0 fully saturated rings. The largest absolute Gasteiger partial charge is 0.151 e. The monoisotopic (exact) mass is 270 g/mol. The number of nitroso groups, excluding NO2 is 2. The van der Waals surface area contributed by atoms with Crippen molar-refractivity contribution in [3.8, 4) is 0 Å². The molecule has 0 aromatic heterocycles. The van der Waals surface area contributed by atoms with Crippen molar-refractivity contribution < 1.29 is 0 Å². The van der Waals surface area contributed by atoms with E-state index in [9.17, 15) is 4.91 Å². The second kappa shape index (κ2) is 22.1. The summed E-state index contributed by atoms with van der Waals surface area (Å²) in [5.74, 6) is 0. The Morgan fingerprint density at radius 2 is 1.26 bits per heavy atom. The minimum atomic E-state index is 0.222. The van der Waals surface area contributed by atoms with Gasteiger partial charge >= 0.3 is 0 Å². The van der Waals surface area contributed by atoms with Crippen LogP contribution in [0.5, 0.6) is 0 Å². The van der Waals surface area contributed by atoms with Gasteiger partial charge in [-0.15, -0.1) is 6.58 Å². The maximum absolute atomic E-state index is 9.79. The average molecular weight is 270 g/mol. The summed E-state index contributed by atoms with van der Waals surface area (Å²) in [5.41, 5.74) is 0. The maximum atomic E-state index is 9.79. The Morgan fingerprint density at radius 1 is 0.789 bits per heavy atom. The molecule has 0 heterocycles. The Hall–Kier alpha value is -1.06. The molecule has 0 aromatic rings. The molecule has 112 valence electrons. The van der Waals surface area contributed by atoms with Crippen molar-refractivity contribution in [3.05, 3.63) is 22.5 Å². The lowest BCUT2D eigenvalue weighted by Crippen LogP contribution is -1.83. The van der Waals surface area contributed by atoms with Gasteiger partial charge in [-0.25, -0.2) is 0 Å². The van der Waals surface area contributed by atoms with Crippen LogP contribution in [-0.4, -0.2) is 13.1 Å². The lowest BCUT2D eigenvalue weighted by molar-refractivity contribution is 0.558. The van der Waals surface area contributed by atoms with Crippen molar-refractivity contribution in [1.82, 2.24) is 0 Å². The van der Waals surface area contributed by atoms with E-state index >= 15 is 0 Å². The van der Waals surface area contributed by atoms with Gasteiger partial charge in [0.05, 0.1) is 13.1 Å². The summed E-state index contributed by atoms with van der Waals surface area (Å²) >= 11 is 0. The third kappa shape index (κ3) is 26.5. The first kappa shape index (κ1) is 20.3. The fourth-order valence-electron chi connectivity index (χ4n) is 1.72. The lowest BCUT2D eigenvalue weighted by Gasteiger charge is -2.00. The molecular weight excluding hydrogens is 240 g/mol. The fraction of sp³-hybridized carbons (Fsp3) is 0.867. The molecule has 0 amide bonds. The Morgan fingerprint density at radius 3 is 1.58 bits per heavy atom. The molecule has 0 saturated heterocycles. The fourth-order valence-corrected chi connectivity index (χ4v) is 1.72. The standard InChI is InChI=1S/C12H25NO.C3H5NO/c1-2-3-4-5-6-7-8-9-10-11-12-13-14;1-2-3-4-5/h2-12H2,1H3;2H,1,3H2. The molecule has 0 aliphatic heterocycles. The second-order valence-corrected chi connectivity index (χ2v) is 4.64. The summed E-state index contributed by atoms with van der Waals surface area (Å²) in [6, 6.07) is 0. The van der Waals surface area contributed by atoms with Crippen LogP contribution in [0.2, 0.25) is 0 Å². The summed E-state index contributed by atoms with van der Waals surface area (Å²) in [5, 5.41) is 5.34. The van der Waals surface area contributed by atoms with Gasteiger partial charge < -0.3 is 0 Å². The van der Waals surface area contributed by atoms with Gasteiger partial charge in [-0.3, -0.25) is 0 Å². The highest BCUT2D eigenvalue weighted by molar-refractivity contribution is 4.67. The van der Waals surface area contributed by atoms with E-state index in [-0.39, 0.29) is 6.54 Å². The van der Waals surface area contributed by atoms with Gasteiger partial charge in [0.25, 0.3) is 0 Å². The molecular formula is C15H30N2O2. The molecule has 0 aliphatic rings. The Balaban J connectivity index is 0. The molecule has 0 radical (unpaired) electrons. The predicted molar refractivity (Wildman–Crippen MR) is 83.4 cm³/mol. The van der Waals surface area contributed by atoms with Crippen molar-refractivity contribution in [3.63, 3.8) is 0 Å². The molecule has 0 unspecified atom stereocenters. The first-order valence-electron chi connectivity index (χ1n) is 7.52. The van der Waals surface area contributed by atoms with Gasteiger partial charge in [0.1, 0.15) is 0 Å². The first-order chi connectivity index (χ1) is 9.33. The number of hydrogen-bond donors (Lipinski definition) is 0. The van der Waals surface area contributed by atoms with Crippen LogP contribution in [0, 0.1) is 9.81 Å². The molecule has 0 atom stereocenters. The van der Waals surface area contributed by atoms with E-state index in [1.165, 1.54) is 63.9 Å². The normalized spacial score (nSPS) is 9.32. The van der Waals surface area contributed by atoms with Crippen LogP contribution in [-0.2, 0) is 0 Å². The van der Waals surface area contributed by atoms with Crippen LogP contribution in [0.25, 0.3) is 0 Å². The van der Waals surface area contributed by atoms with Crippen LogP contribution in [0.4, 0.5) is 0 Å². The highest BCUT2D eigenvalue weighted by Crippen LogP contribution is 2.10. The third-order valence-electron chi connectivity index (χ3n) is 2.81. The van der Waals surface area contributed by atoms with Crippen molar-refractivity contribution in [2.24, 2.45) is 10.4 Å². The minimum absolute atomic E-state index is 0.222. The molecule has 0 bridgehead atoms. The lowest BCUT2D eigenvalue weighted by atomic mass is 10.1. The SMILES string of the molecule is C=CCN=O.CCCCCCCCCCCCN=O. The zero-order chi connectivity index (χ0) is 14.6. The summed E-state index contributed by atoms with van der Waals surface area (Å²) in [6.45, 7) is 6.24. The molecule has 0 spiro atoms. The average Bonchev–Trinajstić information content (AvgIpc) is 2.43. The minimum Gasteiger partial charge on any atom is -0.151 e. The number of nitrogens with zero attached hydrogens (tertiary/aromatic N) is 2. The summed E-state index contributed by atoms with van der Waals surface area (Å²) in [6.07, 6.45) is 14.5. The van der Waals surface area contributed by atoms with E-state index in [2.05, 4.69) is 23.9 Å². The molecule has 0 aliphatic carbocycles. The number of unbranched alkanes of at least 4 members (excludes halogenated alkanes) is 9. The third-order valence-corrected chi connectivity index (χ3v) is 2.81. The van der Waals surface area contributed by atoms with Gasteiger partial charge in [0.15, 0.2) is 0 Å².